The molecule has 2 saturated carbocycles. The summed E-state index contributed by atoms with van der Waals surface area (Å²) in [6.45, 7) is 9.02. The molecule has 222 valence electrons. The first-order valence-electron chi connectivity index (χ1n) is 14.0. The summed E-state index contributed by atoms with van der Waals surface area (Å²) in [5.41, 5.74) is -3.31. The number of Topliss-reactive ketones (excluding diaryl/α,β-unsaturated/α-hetero) is 1. The van der Waals surface area contributed by atoms with Crippen LogP contribution in [0.15, 0.2) is 41.5 Å². The van der Waals surface area contributed by atoms with Crippen LogP contribution in [-0.2, 0) is 33.3 Å². The molecule has 5 rings (SSSR count). The van der Waals surface area contributed by atoms with Crippen molar-refractivity contribution < 1.29 is 47.6 Å². The largest absolute Gasteiger partial charge is 0.458 e. The van der Waals surface area contributed by atoms with Gasteiger partial charge < -0.3 is 24.1 Å². The smallest absolute Gasteiger partial charge is 0.338 e. The zero-order valence-electron chi connectivity index (χ0n) is 24.1. The first-order valence-corrected chi connectivity index (χ1v) is 14.0. The lowest BCUT2D eigenvalue weighted by Gasteiger charge is -2.65. The minimum absolute atomic E-state index is 0.112. The van der Waals surface area contributed by atoms with Crippen LogP contribution in [0.5, 0.6) is 0 Å². The zero-order chi connectivity index (χ0) is 30.1. The summed E-state index contributed by atoms with van der Waals surface area (Å²) in [5, 5.41) is 11.3. The molecule has 1 N–H and O–H groups in total. The van der Waals surface area contributed by atoms with Gasteiger partial charge in [-0.25, -0.2) is 9.18 Å². The van der Waals surface area contributed by atoms with E-state index >= 15 is 4.39 Å². The highest BCUT2D eigenvalue weighted by Crippen LogP contribution is 2.63. The molecule has 0 radical (unpaired) electrons. The van der Waals surface area contributed by atoms with E-state index in [0.29, 0.717) is 11.1 Å². The minimum atomic E-state index is -1.92. The van der Waals surface area contributed by atoms with E-state index < -0.39 is 82.5 Å². The lowest BCUT2D eigenvalue weighted by atomic mass is 9.46. The molecule has 4 aliphatic rings. The first kappa shape index (κ1) is 29.4. The van der Waals surface area contributed by atoms with Crippen molar-refractivity contribution in [1.29, 1.82) is 0 Å². The molecule has 1 heterocycles. The normalized spacial score (nSPS) is 39.2. The number of esters is 3. The molecule has 0 aromatic heterocycles. The van der Waals surface area contributed by atoms with E-state index in [1.807, 2.05) is 13.8 Å². The van der Waals surface area contributed by atoms with E-state index in [4.69, 9.17) is 18.9 Å². The molecule has 0 spiro atoms. The molecule has 9 nitrogen and oxygen atoms in total. The fourth-order valence-electron chi connectivity index (χ4n) is 7.94. The summed E-state index contributed by atoms with van der Waals surface area (Å²) in [6.07, 6.45) is -6.56. The van der Waals surface area contributed by atoms with Gasteiger partial charge in [0, 0.05) is 26.2 Å². The number of benzene rings is 1. The summed E-state index contributed by atoms with van der Waals surface area (Å²) >= 11 is 0. The standard InChI is InChI=1S/C31H37FO9/c1-15-20(35)12-19-24(40-28(37)18-10-8-7-9-11-18)26-30(6,21(32)13-22-31(26,14-38-22)41-17(3)34)27(36)25(39-16(2)33)23(15)29(19,4)5/h7-11,19-22,24-26,35H,12-14H2,1-6H3/t19?,20-,21?,22+,24?,25+,26?,30+,31-/m0/s1. The summed E-state index contributed by atoms with van der Waals surface area (Å²) in [7, 11) is 0. The number of aliphatic hydroxyl groups excluding tert-OH is 1. The number of carbonyl (C=O) groups is 4. The highest BCUT2D eigenvalue weighted by atomic mass is 19.1. The van der Waals surface area contributed by atoms with Crippen LogP contribution in [0.1, 0.15) is 64.7 Å². The molecular formula is C31H37FO9. The van der Waals surface area contributed by atoms with Gasteiger partial charge in [0.25, 0.3) is 0 Å². The number of ketones is 1. The molecule has 41 heavy (non-hydrogen) atoms. The summed E-state index contributed by atoms with van der Waals surface area (Å²) in [5.74, 6) is -4.73. The molecule has 10 heteroatoms. The van der Waals surface area contributed by atoms with E-state index in [9.17, 15) is 24.3 Å². The maximum absolute atomic E-state index is 16.5. The minimum Gasteiger partial charge on any atom is -0.458 e. The van der Waals surface area contributed by atoms with E-state index in [2.05, 4.69) is 0 Å². The molecular weight excluding hydrogens is 535 g/mol. The van der Waals surface area contributed by atoms with Gasteiger partial charge in [-0.1, -0.05) is 32.0 Å². The van der Waals surface area contributed by atoms with Gasteiger partial charge in [0.15, 0.2) is 17.5 Å². The van der Waals surface area contributed by atoms with E-state index in [0.717, 1.165) is 0 Å². The van der Waals surface area contributed by atoms with E-state index in [1.165, 1.54) is 20.8 Å². The van der Waals surface area contributed by atoms with Crippen LogP contribution in [0.2, 0.25) is 0 Å². The second-order valence-electron chi connectivity index (χ2n) is 12.6. The number of halogens is 1. The third kappa shape index (κ3) is 4.33. The van der Waals surface area contributed by atoms with Crippen molar-refractivity contribution in [3.63, 3.8) is 0 Å². The van der Waals surface area contributed by atoms with Crippen molar-refractivity contribution in [3.05, 3.63) is 47.0 Å². The quantitative estimate of drug-likeness (QED) is 0.328. The van der Waals surface area contributed by atoms with Gasteiger partial charge in [0.2, 0.25) is 0 Å². The Kier molecular flexibility index (Phi) is 7.18. The topological polar surface area (TPSA) is 125 Å². The van der Waals surface area contributed by atoms with Crippen LogP contribution in [0.25, 0.3) is 0 Å². The maximum Gasteiger partial charge on any atom is 0.338 e. The molecule has 0 amide bonds. The fourth-order valence-corrected chi connectivity index (χ4v) is 7.94. The van der Waals surface area contributed by atoms with Crippen molar-refractivity contribution in [3.8, 4) is 0 Å². The third-order valence-corrected chi connectivity index (χ3v) is 9.95. The number of aliphatic hydroxyl groups is 1. The number of alkyl halides is 1. The van der Waals surface area contributed by atoms with Crippen molar-refractivity contribution in [2.24, 2.45) is 22.7 Å². The molecule has 2 bridgehead atoms. The van der Waals surface area contributed by atoms with Gasteiger partial charge in [-0.3, -0.25) is 14.4 Å². The van der Waals surface area contributed by atoms with Gasteiger partial charge >= 0.3 is 17.9 Å². The van der Waals surface area contributed by atoms with Crippen LogP contribution < -0.4 is 0 Å². The average molecular weight is 573 g/mol. The monoisotopic (exact) mass is 572 g/mol. The number of fused-ring (bicyclic) bond motifs is 5. The molecule has 3 aliphatic carbocycles. The number of ether oxygens (including phenoxy) is 4. The van der Waals surface area contributed by atoms with Crippen molar-refractivity contribution in [1.82, 2.24) is 0 Å². The Morgan fingerprint density at radius 2 is 1.68 bits per heavy atom. The Balaban J connectivity index is 1.79. The number of hydrogen-bond donors (Lipinski definition) is 1. The van der Waals surface area contributed by atoms with Crippen molar-refractivity contribution in [2.45, 2.75) is 90.6 Å². The third-order valence-electron chi connectivity index (χ3n) is 9.95. The highest BCUT2D eigenvalue weighted by molar-refractivity contribution is 5.95. The van der Waals surface area contributed by atoms with Crippen LogP contribution in [-0.4, -0.2) is 71.6 Å². The summed E-state index contributed by atoms with van der Waals surface area (Å²) in [6, 6.07) is 8.27. The van der Waals surface area contributed by atoms with Gasteiger partial charge in [-0.05, 0) is 49.0 Å². The van der Waals surface area contributed by atoms with E-state index in [-0.39, 0.29) is 25.0 Å². The predicted octanol–water partition coefficient (Wildman–Crippen LogP) is 3.51. The second kappa shape index (κ2) is 10.0. The number of hydrogen-bond acceptors (Lipinski definition) is 9. The van der Waals surface area contributed by atoms with E-state index in [1.54, 1.807) is 37.3 Å². The number of rotatable bonds is 4. The Morgan fingerprint density at radius 1 is 1.02 bits per heavy atom. The van der Waals surface area contributed by atoms with Crippen molar-refractivity contribution in [2.75, 3.05) is 6.61 Å². The SMILES string of the molecule is CC(=O)O[C@H]1C(=O)[C@]2(C)C(F)C[C@H]3OC[C@@]3(OC(C)=O)C2C(OC(=O)c2ccccc2)C2C[C@H](O)C(C)=C1C2(C)C. The Labute approximate surface area is 238 Å². The molecule has 1 saturated heterocycles. The Morgan fingerprint density at radius 3 is 2.24 bits per heavy atom. The molecule has 3 fully saturated rings. The molecule has 1 aromatic rings. The van der Waals surface area contributed by atoms with Crippen LogP contribution in [0.3, 0.4) is 0 Å². The average Bonchev–Trinajstić information content (AvgIpc) is 2.89. The molecule has 1 aromatic carbocycles. The van der Waals surface area contributed by atoms with Crippen LogP contribution >= 0.6 is 0 Å². The fraction of sp³-hybridized carbons (Fsp3) is 0.613. The van der Waals surface area contributed by atoms with Gasteiger partial charge in [0.05, 0.1) is 29.6 Å². The van der Waals surface area contributed by atoms with Crippen LogP contribution in [0, 0.1) is 22.7 Å². The lowest BCUT2D eigenvalue weighted by Crippen LogP contribution is -2.79. The van der Waals surface area contributed by atoms with Gasteiger partial charge in [-0.2, -0.15) is 0 Å². The summed E-state index contributed by atoms with van der Waals surface area (Å²) < 4.78 is 40.1. The van der Waals surface area contributed by atoms with Crippen LogP contribution in [0.4, 0.5) is 4.39 Å². The molecule has 1 aliphatic heterocycles. The molecule has 9 atom stereocenters. The zero-order valence-corrected chi connectivity index (χ0v) is 24.1. The highest BCUT2D eigenvalue weighted by Gasteiger charge is 2.76. The number of carbonyl (C=O) groups excluding carboxylic acids is 4. The molecule has 4 unspecified atom stereocenters. The summed E-state index contributed by atoms with van der Waals surface area (Å²) in [4.78, 5) is 53.2. The van der Waals surface area contributed by atoms with Crippen molar-refractivity contribution >= 4 is 23.7 Å². The predicted molar refractivity (Wildman–Crippen MR) is 142 cm³/mol. The maximum atomic E-state index is 16.5. The Hall–Kier alpha value is -3.11. The van der Waals surface area contributed by atoms with Gasteiger partial charge in [0.1, 0.15) is 18.4 Å². The second-order valence-corrected chi connectivity index (χ2v) is 12.6. The first-order chi connectivity index (χ1) is 19.2. The Bertz CT molecular complexity index is 1310. The van der Waals surface area contributed by atoms with Gasteiger partial charge in [-0.15, -0.1) is 0 Å². The lowest BCUT2D eigenvalue weighted by molar-refractivity contribution is -0.330.